The fraction of sp³-hybridized carbons (Fsp3) is 0.571. The van der Waals surface area contributed by atoms with Crippen LogP contribution in [0.2, 0.25) is 0 Å². The summed E-state index contributed by atoms with van der Waals surface area (Å²) in [7, 11) is 1.94. The fourth-order valence-electron chi connectivity index (χ4n) is 2.97. The van der Waals surface area contributed by atoms with Gasteiger partial charge < -0.3 is 10.4 Å². The van der Waals surface area contributed by atoms with Crippen molar-refractivity contribution in [2.24, 2.45) is 11.8 Å². The van der Waals surface area contributed by atoms with Crippen LogP contribution in [0.4, 0.5) is 0 Å². The quantitative estimate of drug-likeness (QED) is 0.813. The Morgan fingerprint density at radius 2 is 2.00 bits per heavy atom. The molecule has 16 heavy (non-hydrogen) atoms. The van der Waals surface area contributed by atoms with E-state index in [9.17, 15) is 5.11 Å². The summed E-state index contributed by atoms with van der Waals surface area (Å²) in [5, 5.41) is 13.4. The van der Waals surface area contributed by atoms with E-state index in [0.717, 1.165) is 12.8 Å². The maximum Gasteiger partial charge on any atom is 0.0727 e. The molecule has 2 rings (SSSR count). The number of likely N-dealkylation sites (N-methyl/N-ethyl adjacent to an activating group) is 1. The predicted molar refractivity (Wildman–Crippen MR) is 66.3 cm³/mol. The van der Waals surface area contributed by atoms with Gasteiger partial charge in [-0.2, -0.15) is 0 Å². The van der Waals surface area contributed by atoms with E-state index in [4.69, 9.17) is 0 Å². The van der Waals surface area contributed by atoms with Crippen molar-refractivity contribution in [3.05, 3.63) is 35.9 Å². The highest BCUT2D eigenvalue weighted by atomic mass is 16.3. The third kappa shape index (κ3) is 2.28. The molecule has 0 saturated heterocycles. The average Bonchev–Trinajstić information content (AvgIpc) is 2.55. The molecule has 2 unspecified atom stereocenters. The lowest BCUT2D eigenvalue weighted by molar-refractivity contribution is 0.105. The second-order valence-corrected chi connectivity index (χ2v) is 4.97. The van der Waals surface area contributed by atoms with Crippen LogP contribution in [0.5, 0.6) is 0 Å². The first-order valence-electron chi connectivity index (χ1n) is 6.11. The predicted octanol–water partition coefficient (Wildman–Crippen LogP) is 1.83. The molecule has 0 aromatic heterocycles. The Morgan fingerprint density at radius 1 is 1.31 bits per heavy atom. The zero-order chi connectivity index (χ0) is 11.5. The van der Waals surface area contributed by atoms with Gasteiger partial charge >= 0.3 is 0 Å². The molecule has 1 aromatic carbocycles. The van der Waals surface area contributed by atoms with E-state index in [1.807, 2.05) is 13.1 Å². The third-order valence-electron chi connectivity index (χ3n) is 3.81. The fourth-order valence-corrected chi connectivity index (χ4v) is 2.97. The monoisotopic (exact) mass is 219 g/mol. The number of aliphatic hydroxyl groups is 1. The van der Waals surface area contributed by atoms with Crippen LogP contribution in [0, 0.1) is 11.8 Å². The SMILES string of the molecule is CNC1C(O)[C@H](Cc2ccccc2)C[C@@H]1C. The third-order valence-corrected chi connectivity index (χ3v) is 3.81. The van der Waals surface area contributed by atoms with Crippen molar-refractivity contribution in [2.75, 3.05) is 7.05 Å². The van der Waals surface area contributed by atoms with Crippen molar-refractivity contribution in [3.63, 3.8) is 0 Å². The lowest BCUT2D eigenvalue weighted by atomic mass is 9.95. The van der Waals surface area contributed by atoms with Gasteiger partial charge in [-0.3, -0.25) is 0 Å². The van der Waals surface area contributed by atoms with E-state index >= 15 is 0 Å². The van der Waals surface area contributed by atoms with Gasteiger partial charge in [0.2, 0.25) is 0 Å². The largest absolute Gasteiger partial charge is 0.391 e. The highest BCUT2D eigenvalue weighted by Gasteiger charge is 2.38. The zero-order valence-electron chi connectivity index (χ0n) is 10.1. The number of nitrogens with one attached hydrogen (secondary N) is 1. The summed E-state index contributed by atoms with van der Waals surface area (Å²) in [4.78, 5) is 0. The van der Waals surface area contributed by atoms with Crippen LogP contribution in [0.15, 0.2) is 30.3 Å². The number of hydrogen-bond acceptors (Lipinski definition) is 2. The van der Waals surface area contributed by atoms with E-state index in [-0.39, 0.29) is 12.1 Å². The molecule has 2 nitrogen and oxygen atoms in total. The molecule has 0 radical (unpaired) electrons. The zero-order valence-corrected chi connectivity index (χ0v) is 10.1. The van der Waals surface area contributed by atoms with Crippen molar-refractivity contribution in [1.82, 2.24) is 5.32 Å². The molecule has 1 aliphatic carbocycles. The van der Waals surface area contributed by atoms with Gasteiger partial charge in [-0.25, -0.2) is 0 Å². The van der Waals surface area contributed by atoms with Gasteiger partial charge in [-0.15, -0.1) is 0 Å². The van der Waals surface area contributed by atoms with Crippen LogP contribution in [-0.2, 0) is 6.42 Å². The molecule has 1 fully saturated rings. The highest BCUT2D eigenvalue weighted by molar-refractivity contribution is 5.16. The molecule has 1 saturated carbocycles. The molecule has 0 spiro atoms. The van der Waals surface area contributed by atoms with E-state index < -0.39 is 0 Å². The summed E-state index contributed by atoms with van der Waals surface area (Å²) in [5.74, 6) is 0.962. The Kier molecular flexibility index (Phi) is 3.62. The molecule has 4 atom stereocenters. The molecule has 0 bridgehead atoms. The lowest BCUT2D eigenvalue weighted by Crippen LogP contribution is -2.39. The van der Waals surface area contributed by atoms with Gasteiger partial charge in [0.1, 0.15) is 0 Å². The van der Waals surface area contributed by atoms with Crippen LogP contribution in [0.1, 0.15) is 18.9 Å². The second kappa shape index (κ2) is 4.98. The Morgan fingerprint density at radius 3 is 2.56 bits per heavy atom. The highest BCUT2D eigenvalue weighted by Crippen LogP contribution is 2.33. The van der Waals surface area contributed by atoms with E-state index in [0.29, 0.717) is 11.8 Å². The van der Waals surface area contributed by atoms with Crippen LogP contribution >= 0.6 is 0 Å². The standard InChI is InChI=1S/C14H21NO/c1-10-8-12(14(16)13(10)15-2)9-11-6-4-3-5-7-11/h3-7,10,12-16H,8-9H2,1-2H3/t10-,12-,13?,14?/m0/s1. The molecule has 2 N–H and O–H groups in total. The molecule has 1 aromatic rings. The van der Waals surface area contributed by atoms with Crippen LogP contribution in [0.3, 0.4) is 0 Å². The molecular weight excluding hydrogens is 198 g/mol. The van der Waals surface area contributed by atoms with Gasteiger partial charge in [0, 0.05) is 6.04 Å². The van der Waals surface area contributed by atoms with Gasteiger partial charge in [-0.1, -0.05) is 37.3 Å². The minimum Gasteiger partial charge on any atom is -0.391 e. The summed E-state index contributed by atoms with van der Waals surface area (Å²) >= 11 is 0. The Labute approximate surface area is 97.7 Å². The maximum atomic E-state index is 10.2. The van der Waals surface area contributed by atoms with Crippen LogP contribution in [0.25, 0.3) is 0 Å². The number of aliphatic hydroxyl groups excluding tert-OH is 1. The van der Waals surface area contributed by atoms with Gasteiger partial charge in [-0.05, 0) is 37.3 Å². The smallest absolute Gasteiger partial charge is 0.0727 e. The van der Waals surface area contributed by atoms with Gasteiger partial charge in [0.05, 0.1) is 6.10 Å². The molecule has 0 heterocycles. The van der Waals surface area contributed by atoms with Gasteiger partial charge in [0.15, 0.2) is 0 Å². The average molecular weight is 219 g/mol. The van der Waals surface area contributed by atoms with E-state index in [1.54, 1.807) is 0 Å². The van der Waals surface area contributed by atoms with Crippen molar-refractivity contribution in [1.29, 1.82) is 0 Å². The number of rotatable bonds is 3. The van der Waals surface area contributed by atoms with Crippen molar-refractivity contribution in [3.8, 4) is 0 Å². The summed E-state index contributed by atoms with van der Waals surface area (Å²) in [6.45, 7) is 2.22. The summed E-state index contributed by atoms with van der Waals surface area (Å²) in [6.07, 6.45) is 1.90. The van der Waals surface area contributed by atoms with E-state index in [2.05, 4.69) is 36.5 Å². The summed E-state index contributed by atoms with van der Waals surface area (Å²) in [5.41, 5.74) is 1.33. The summed E-state index contributed by atoms with van der Waals surface area (Å²) < 4.78 is 0. The van der Waals surface area contributed by atoms with Crippen molar-refractivity contribution >= 4 is 0 Å². The minimum atomic E-state index is -0.208. The maximum absolute atomic E-state index is 10.2. The molecule has 1 aliphatic rings. The topological polar surface area (TPSA) is 32.3 Å². The summed E-state index contributed by atoms with van der Waals surface area (Å²) in [6, 6.07) is 10.7. The Hall–Kier alpha value is -0.860. The molecule has 0 amide bonds. The lowest BCUT2D eigenvalue weighted by Gasteiger charge is -2.20. The van der Waals surface area contributed by atoms with Crippen LogP contribution < -0.4 is 5.32 Å². The van der Waals surface area contributed by atoms with Crippen molar-refractivity contribution < 1.29 is 5.11 Å². The van der Waals surface area contributed by atoms with Crippen LogP contribution in [-0.4, -0.2) is 24.3 Å². The van der Waals surface area contributed by atoms with Crippen molar-refractivity contribution in [2.45, 2.75) is 31.9 Å². The van der Waals surface area contributed by atoms with Gasteiger partial charge in [0.25, 0.3) is 0 Å². The molecule has 0 aliphatic heterocycles. The second-order valence-electron chi connectivity index (χ2n) is 4.97. The molecular formula is C14H21NO. The Bertz CT molecular complexity index is 325. The minimum absolute atomic E-state index is 0.208. The first kappa shape index (κ1) is 11.6. The molecule has 2 heteroatoms. The molecule has 88 valence electrons. The Balaban J connectivity index is 2.02. The normalized spacial score (nSPS) is 34.2. The first-order valence-corrected chi connectivity index (χ1v) is 6.11. The number of hydrogen-bond donors (Lipinski definition) is 2. The van der Waals surface area contributed by atoms with E-state index in [1.165, 1.54) is 5.56 Å². The number of benzene rings is 1. The first-order chi connectivity index (χ1) is 7.72.